The van der Waals surface area contributed by atoms with E-state index < -0.39 is 0 Å². The Morgan fingerprint density at radius 1 is 1.33 bits per heavy atom. The van der Waals surface area contributed by atoms with Gasteiger partial charge in [-0.15, -0.1) is 0 Å². The molecule has 0 aliphatic rings. The van der Waals surface area contributed by atoms with Crippen molar-refractivity contribution in [3.8, 4) is 0 Å². The first-order valence-electron chi connectivity index (χ1n) is 4.46. The molecule has 0 bridgehead atoms. The molecule has 0 saturated carbocycles. The van der Waals surface area contributed by atoms with Crippen LogP contribution in [0.15, 0.2) is 0 Å². The molecule has 2 nitrogen and oxygen atoms in total. The Kier molecular flexibility index (Phi) is 5.14. The van der Waals surface area contributed by atoms with Crippen LogP contribution in [-0.2, 0) is 9.53 Å². The van der Waals surface area contributed by atoms with Crippen LogP contribution in [0.2, 0.25) is 0 Å². The summed E-state index contributed by atoms with van der Waals surface area (Å²) in [7, 11) is 1.66. The molecule has 0 heterocycles. The maximum absolute atomic E-state index is 11.3. The Labute approximate surface area is 75.3 Å². The highest BCUT2D eigenvalue weighted by Crippen LogP contribution is 2.19. The molecule has 12 heavy (non-hydrogen) atoms. The maximum atomic E-state index is 11.3. The topological polar surface area (TPSA) is 26.3 Å². The summed E-state index contributed by atoms with van der Waals surface area (Å²) >= 11 is 0. The predicted molar refractivity (Wildman–Crippen MR) is 50.2 cm³/mol. The lowest BCUT2D eigenvalue weighted by Gasteiger charge is -2.16. The van der Waals surface area contributed by atoms with Crippen LogP contribution < -0.4 is 0 Å². The van der Waals surface area contributed by atoms with Crippen LogP contribution >= 0.6 is 0 Å². The number of hydrogen-bond donors (Lipinski definition) is 0. The fourth-order valence-electron chi connectivity index (χ4n) is 1.09. The Morgan fingerprint density at radius 3 is 2.33 bits per heavy atom. The van der Waals surface area contributed by atoms with Crippen molar-refractivity contribution in [2.75, 3.05) is 13.7 Å². The third-order valence-electron chi connectivity index (χ3n) is 1.53. The van der Waals surface area contributed by atoms with Gasteiger partial charge in [0.1, 0.15) is 5.78 Å². The minimum Gasteiger partial charge on any atom is -0.385 e. The molecule has 0 spiro atoms. The van der Waals surface area contributed by atoms with Gasteiger partial charge in [-0.25, -0.2) is 0 Å². The zero-order chi connectivity index (χ0) is 9.61. The summed E-state index contributed by atoms with van der Waals surface area (Å²) in [6.45, 7) is 6.94. The summed E-state index contributed by atoms with van der Waals surface area (Å²) in [5.41, 5.74) is 0.129. The van der Waals surface area contributed by atoms with E-state index in [0.29, 0.717) is 25.2 Å². The van der Waals surface area contributed by atoms with E-state index >= 15 is 0 Å². The standard InChI is InChI=1S/C10H20O2/c1-10(2,3)8-9(11)6-5-7-12-4/h5-8H2,1-4H3. The third kappa shape index (κ3) is 7.73. The lowest BCUT2D eigenvalue weighted by Crippen LogP contribution is -2.13. The van der Waals surface area contributed by atoms with Gasteiger partial charge in [0.05, 0.1) is 0 Å². The van der Waals surface area contributed by atoms with E-state index in [9.17, 15) is 4.79 Å². The second kappa shape index (κ2) is 5.31. The summed E-state index contributed by atoms with van der Waals surface area (Å²) in [6, 6.07) is 0. The summed E-state index contributed by atoms with van der Waals surface area (Å²) in [4.78, 5) is 11.3. The largest absolute Gasteiger partial charge is 0.385 e. The molecule has 72 valence electrons. The average Bonchev–Trinajstić information content (AvgIpc) is 1.84. The molecule has 2 heteroatoms. The van der Waals surface area contributed by atoms with E-state index in [1.165, 1.54) is 0 Å². The molecule has 0 fully saturated rings. The number of Topliss-reactive ketones (excluding diaryl/α,β-unsaturated/α-hetero) is 1. The summed E-state index contributed by atoms with van der Waals surface area (Å²) < 4.78 is 4.87. The summed E-state index contributed by atoms with van der Waals surface area (Å²) in [6.07, 6.45) is 2.19. The second-order valence-electron chi connectivity index (χ2n) is 4.37. The highest BCUT2D eigenvalue weighted by molar-refractivity contribution is 5.78. The first-order valence-corrected chi connectivity index (χ1v) is 4.46. The van der Waals surface area contributed by atoms with Crippen LogP contribution in [-0.4, -0.2) is 19.5 Å². The first-order chi connectivity index (χ1) is 5.45. The van der Waals surface area contributed by atoms with Gasteiger partial charge in [0.25, 0.3) is 0 Å². The third-order valence-corrected chi connectivity index (χ3v) is 1.53. The Balaban J connectivity index is 3.47. The van der Waals surface area contributed by atoms with Crippen LogP contribution in [0.1, 0.15) is 40.0 Å². The highest BCUT2D eigenvalue weighted by Gasteiger charge is 2.14. The van der Waals surface area contributed by atoms with E-state index in [1.807, 2.05) is 0 Å². The van der Waals surface area contributed by atoms with E-state index in [-0.39, 0.29) is 5.41 Å². The summed E-state index contributed by atoms with van der Waals surface area (Å²) in [5.74, 6) is 0.347. The lowest BCUT2D eigenvalue weighted by molar-refractivity contribution is -0.121. The molecule has 0 aliphatic carbocycles. The lowest BCUT2D eigenvalue weighted by atomic mass is 9.89. The van der Waals surface area contributed by atoms with Crippen LogP contribution in [0.25, 0.3) is 0 Å². The fraction of sp³-hybridized carbons (Fsp3) is 0.900. The van der Waals surface area contributed by atoms with Crippen molar-refractivity contribution in [3.05, 3.63) is 0 Å². The van der Waals surface area contributed by atoms with Crippen LogP contribution in [0, 0.1) is 5.41 Å². The van der Waals surface area contributed by atoms with Gasteiger partial charge < -0.3 is 4.74 Å². The fourth-order valence-corrected chi connectivity index (χ4v) is 1.09. The van der Waals surface area contributed by atoms with Crippen molar-refractivity contribution in [2.45, 2.75) is 40.0 Å². The molecular formula is C10H20O2. The zero-order valence-electron chi connectivity index (χ0n) is 8.64. The molecule has 0 rings (SSSR count). The number of hydrogen-bond acceptors (Lipinski definition) is 2. The van der Waals surface area contributed by atoms with Crippen molar-refractivity contribution in [1.29, 1.82) is 0 Å². The predicted octanol–water partition coefficient (Wildman–Crippen LogP) is 2.42. The number of rotatable bonds is 5. The molecule has 0 unspecified atom stereocenters. The van der Waals surface area contributed by atoms with Crippen LogP contribution in [0.4, 0.5) is 0 Å². The van der Waals surface area contributed by atoms with E-state index in [0.717, 1.165) is 6.42 Å². The number of carbonyl (C=O) groups is 1. The van der Waals surface area contributed by atoms with E-state index in [1.54, 1.807) is 7.11 Å². The Morgan fingerprint density at radius 2 is 1.92 bits per heavy atom. The first kappa shape index (κ1) is 11.6. The molecule has 0 radical (unpaired) electrons. The average molecular weight is 172 g/mol. The Hall–Kier alpha value is -0.370. The molecular weight excluding hydrogens is 152 g/mol. The molecule has 0 aliphatic heterocycles. The van der Waals surface area contributed by atoms with Crippen LogP contribution in [0.5, 0.6) is 0 Å². The van der Waals surface area contributed by atoms with Gasteiger partial charge in [0.15, 0.2) is 0 Å². The number of ether oxygens (including phenoxy) is 1. The van der Waals surface area contributed by atoms with E-state index in [2.05, 4.69) is 20.8 Å². The zero-order valence-corrected chi connectivity index (χ0v) is 8.64. The SMILES string of the molecule is COCCCC(=O)CC(C)(C)C. The molecule has 0 N–H and O–H groups in total. The van der Waals surface area contributed by atoms with Gasteiger partial charge in [-0.05, 0) is 11.8 Å². The van der Waals surface area contributed by atoms with Gasteiger partial charge in [-0.2, -0.15) is 0 Å². The number of carbonyl (C=O) groups excluding carboxylic acids is 1. The van der Waals surface area contributed by atoms with Gasteiger partial charge in [-0.1, -0.05) is 20.8 Å². The highest BCUT2D eigenvalue weighted by atomic mass is 16.5. The van der Waals surface area contributed by atoms with Crippen molar-refractivity contribution in [1.82, 2.24) is 0 Å². The molecule has 0 aromatic heterocycles. The van der Waals surface area contributed by atoms with Gasteiger partial charge in [-0.3, -0.25) is 4.79 Å². The molecule has 0 atom stereocenters. The van der Waals surface area contributed by atoms with Gasteiger partial charge >= 0.3 is 0 Å². The minimum atomic E-state index is 0.129. The Bertz CT molecular complexity index is 133. The molecule has 0 aromatic carbocycles. The smallest absolute Gasteiger partial charge is 0.133 e. The summed E-state index contributed by atoms with van der Waals surface area (Å²) in [5, 5.41) is 0. The maximum Gasteiger partial charge on any atom is 0.133 e. The van der Waals surface area contributed by atoms with Crippen molar-refractivity contribution >= 4 is 5.78 Å². The minimum absolute atomic E-state index is 0.129. The van der Waals surface area contributed by atoms with Crippen LogP contribution in [0.3, 0.4) is 0 Å². The van der Waals surface area contributed by atoms with Gasteiger partial charge in [0, 0.05) is 26.6 Å². The van der Waals surface area contributed by atoms with E-state index in [4.69, 9.17) is 4.74 Å². The van der Waals surface area contributed by atoms with Gasteiger partial charge in [0.2, 0.25) is 0 Å². The van der Waals surface area contributed by atoms with Crippen molar-refractivity contribution in [2.24, 2.45) is 5.41 Å². The number of methoxy groups -OCH3 is 1. The second-order valence-corrected chi connectivity index (χ2v) is 4.37. The van der Waals surface area contributed by atoms with Crippen molar-refractivity contribution < 1.29 is 9.53 Å². The normalized spacial score (nSPS) is 11.7. The monoisotopic (exact) mass is 172 g/mol. The molecule has 0 amide bonds. The van der Waals surface area contributed by atoms with Crippen molar-refractivity contribution in [3.63, 3.8) is 0 Å². The quantitative estimate of drug-likeness (QED) is 0.595. The number of ketones is 1. The molecule has 0 saturated heterocycles. The molecule has 0 aromatic rings.